The summed E-state index contributed by atoms with van der Waals surface area (Å²) in [5, 5.41) is 2.95. The van der Waals surface area contributed by atoms with Crippen molar-refractivity contribution in [3.8, 4) is 0 Å². The highest BCUT2D eigenvalue weighted by molar-refractivity contribution is 5.97. The average Bonchev–Trinajstić information content (AvgIpc) is 3.16. The van der Waals surface area contributed by atoms with Gasteiger partial charge in [-0.3, -0.25) is 9.59 Å². The van der Waals surface area contributed by atoms with Crippen LogP contribution in [0.25, 0.3) is 0 Å². The molecule has 108 valence electrons. The van der Waals surface area contributed by atoms with E-state index in [9.17, 15) is 9.59 Å². The molecule has 1 N–H and O–H groups in total. The zero-order valence-corrected chi connectivity index (χ0v) is 12.5. The van der Waals surface area contributed by atoms with E-state index < -0.39 is 0 Å². The summed E-state index contributed by atoms with van der Waals surface area (Å²) in [4.78, 5) is 26.8. The second-order valence-electron chi connectivity index (χ2n) is 6.52. The van der Waals surface area contributed by atoms with E-state index in [0.29, 0.717) is 18.4 Å². The summed E-state index contributed by atoms with van der Waals surface area (Å²) in [5.74, 6) is 1.16. The van der Waals surface area contributed by atoms with Gasteiger partial charge in [-0.2, -0.15) is 0 Å². The Balaban J connectivity index is 2.18. The van der Waals surface area contributed by atoms with Crippen LogP contribution in [0.15, 0.2) is 0 Å². The Hall–Kier alpha value is -1.06. The fourth-order valence-corrected chi connectivity index (χ4v) is 2.84. The summed E-state index contributed by atoms with van der Waals surface area (Å²) in [6, 6.07) is -0.553. The molecule has 2 amide bonds. The molecule has 0 aromatic rings. The number of amides is 2. The molecule has 4 heteroatoms. The summed E-state index contributed by atoms with van der Waals surface area (Å²) >= 11 is 0. The highest BCUT2D eigenvalue weighted by Gasteiger charge is 2.47. The summed E-state index contributed by atoms with van der Waals surface area (Å²) in [5.41, 5.74) is 0. The lowest BCUT2D eigenvalue weighted by atomic mass is 9.94. The molecule has 2 aliphatic rings. The zero-order chi connectivity index (χ0) is 14.2. The number of hydrogen-bond donors (Lipinski definition) is 1. The number of nitrogens with zero attached hydrogens (tertiary/aromatic N) is 1. The van der Waals surface area contributed by atoms with Crippen molar-refractivity contribution in [3.63, 3.8) is 0 Å². The molecule has 1 saturated heterocycles. The van der Waals surface area contributed by atoms with Crippen LogP contribution < -0.4 is 5.32 Å². The van der Waals surface area contributed by atoms with Crippen molar-refractivity contribution in [2.45, 2.75) is 59.0 Å². The first-order valence-electron chi connectivity index (χ1n) is 7.56. The molecule has 1 aliphatic carbocycles. The van der Waals surface area contributed by atoms with Crippen LogP contribution in [-0.4, -0.2) is 35.3 Å². The predicted molar refractivity (Wildman–Crippen MR) is 74.4 cm³/mol. The van der Waals surface area contributed by atoms with Crippen LogP contribution in [0.5, 0.6) is 0 Å². The van der Waals surface area contributed by atoms with Gasteiger partial charge in [-0.05, 0) is 30.6 Å². The molecule has 19 heavy (non-hydrogen) atoms. The molecule has 4 nitrogen and oxygen atoms in total. The first kappa shape index (κ1) is 14.4. The topological polar surface area (TPSA) is 49.4 Å². The van der Waals surface area contributed by atoms with Gasteiger partial charge >= 0.3 is 0 Å². The number of rotatable bonds is 5. The minimum atomic E-state index is -0.295. The van der Waals surface area contributed by atoms with Crippen molar-refractivity contribution >= 4 is 11.8 Å². The van der Waals surface area contributed by atoms with E-state index in [4.69, 9.17) is 0 Å². The van der Waals surface area contributed by atoms with Crippen molar-refractivity contribution in [2.75, 3.05) is 6.54 Å². The Kier molecular flexibility index (Phi) is 4.16. The molecule has 0 radical (unpaired) electrons. The van der Waals surface area contributed by atoms with Crippen LogP contribution >= 0.6 is 0 Å². The second kappa shape index (κ2) is 5.51. The summed E-state index contributed by atoms with van der Waals surface area (Å²) in [6.07, 6.45) is 3.17. The fourth-order valence-electron chi connectivity index (χ4n) is 2.84. The Morgan fingerprint density at radius 2 is 1.89 bits per heavy atom. The van der Waals surface area contributed by atoms with E-state index >= 15 is 0 Å². The Morgan fingerprint density at radius 3 is 2.37 bits per heavy atom. The van der Waals surface area contributed by atoms with Crippen molar-refractivity contribution in [1.29, 1.82) is 0 Å². The third-order valence-electron chi connectivity index (χ3n) is 4.38. The molecule has 3 atom stereocenters. The summed E-state index contributed by atoms with van der Waals surface area (Å²) in [6.45, 7) is 9.00. The maximum atomic E-state index is 12.6. The molecular formula is C15H26N2O2. The van der Waals surface area contributed by atoms with Crippen LogP contribution in [0.3, 0.4) is 0 Å². The molecule has 1 heterocycles. The zero-order valence-electron chi connectivity index (χ0n) is 12.5. The van der Waals surface area contributed by atoms with Crippen LogP contribution in [0.2, 0.25) is 0 Å². The molecule has 0 aromatic carbocycles. The van der Waals surface area contributed by atoms with E-state index in [1.807, 2.05) is 18.7 Å². The minimum absolute atomic E-state index is 0.0369. The van der Waals surface area contributed by atoms with Crippen LogP contribution in [-0.2, 0) is 9.59 Å². The highest BCUT2D eigenvalue weighted by Crippen LogP contribution is 2.35. The lowest BCUT2D eigenvalue weighted by Crippen LogP contribution is -2.66. The monoisotopic (exact) mass is 266 g/mol. The molecule has 2 fully saturated rings. The third kappa shape index (κ3) is 2.93. The van der Waals surface area contributed by atoms with E-state index in [1.165, 1.54) is 0 Å². The smallest absolute Gasteiger partial charge is 0.246 e. The summed E-state index contributed by atoms with van der Waals surface area (Å²) < 4.78 is 0. The minimum Gasteiger partial charge on any atom is -0.342 e. The standard InChI is InChI=1S/C15H26N2O2/c1-5-10(4)8-17-13(9(2)3)14(18)16-12(15(17)19)11-6-7-11/h9-13H,5-8H2,1-4H3,(H,16,18). The number of hydrogen-bond acceptors (Lipinski definition) is 2. The van der Waals surface area contributed by atoms with Crippen LogP contribution in [0, 0.1) is 17.8 Å². The van der Waals surface area contributed by atoms with Gasteiger partial charge in [0.05, 0.1) is 0 Å². The molecule has 0 aromatic heterocycles. The fraction of sp³-hybridized carbons (Fsp3) is 0.867. The van der Waals surface area contributed by atoms with Gasteiger partial charge in [-0.1, -0.05) is 34.1 Å². The van der Waals surface area contributed by atoms with Gasteiger partial charge in [0.25, 0.3) is 0 Å². The number of carbonyl (C=O) groups excluding carboxylic acids is 2. The molecule has 2 rings (SSSR count). The van der Waals surface area contributed by atoms with Crippen molar-refractivity contribution < 1.29 is 9.59 Å². The van der Waals surface area contributed by atoms with Gasteiger partial charge in [-0.15, -0.1) is 0 Å². The Labute approximate surface area is 115 Å². The molecule has 1 saturated carbocycles. The van der Waals surface area contributed by atoms with Gasteiger partial charge in [0.1, 0.15) is 12.1 Å². The third-order valence-corrected chi connectivity index (χ3v) is 4.38. The maximum Gasteiger partial charge on any atom is 0.246 e. The molecule has 0 spiro atoms. The normalized spacial score (nSPS) is 29.6. The largest absolute Gasteiger partial charge is 0.342 e. The lowest BCUT2D eigenvalue weighted by molar-refractivity contribution is -0.152. The quantitative estimate of drug-likeness (QED) is 0.825. The van der Waals surface area contributed by atoms with E-state index in [0.717, 1.165) is 19.3 Å². The van der Waals surface area contributed by atoms with Gasteiger partial charge in [0.15, 0.2) is 0 Å². The van der Waals surface area contributed by atoms with Crippen LogP contribution in [0.4, 0.5) is 0 Å². The average molecular weight is 266 g/mol. The SMILES string of the molecule is CCC(C)CN1C(=O)C(C2CC2)NC(=O)C1C(C)C. The Bertz CT molecular complexity index is 363. The van der Waals surface area contributed by atoms with Gasteiger partial charge in [-0.25, -0.2) is 0 Å². The van der Waals surface area contributed by atoms with Crippen molar-refractivity contribution in [1.82, 2.24) is 10.2 Å². The second-order valence-corrected chi connectivity index (χ2v) is 6.52. The molecule has 0 bridgehead atoms. The number of nitrogens with one attached hydrogen (secondary N) is 1. The van der Waals surface area contributed by atoms with Crippen LogP contribution in [0.1, 0.15) is 47.0 Å². The first-order valence-corrected chi connectivity index (χ1v) is 7.56. The Morgan fingerprint density at radius 1 is 1.26 bits per heavy atom. The molecular weight excluding hydrogens is 240 g/mol. The van der Waals surface area contributed by atoms with Crippen molar-refractivity contribution in [3.05, 3.63) is 0 Å². The molecule has 3 unspecified atom stereocenters. The summed E-state index contributed by atoms with van der Waals surface area (Å²) in [7, 11) is 0. The highest BCUT2D eigenvalue weighted by atomic mass is 16.2. The van der Waals surface area contributed by atoms with Crippen molar-refractivity contribution in [2.24, 2.45) is 17.8 Å². The van der Waals surface area contributed by atoms with Gasteiger partial charge < -0.3 is 10.2 Å². The predicted octanol–water partition coefficient (Wildman–Crippen LogP) is 1.79. The van der Waals surface area contributed by atoms with E-state index in [2.05, 4.69) is 19.2 Å². The maximum absolute atomic E-state index is 12.6. The molecule has 1 aliphatic heterocycles. The van der Waals surface area contributed by atoms with E-state index in [1.54, 1.807) is 0 Å². The number of piperazine rings is 1. The van der Waals surface area contributed by atoms with Gasteiger partial charge in [0.2, 0.25) is 11.8 Å². The van der Waals surface area contributed by atoms with Gasteiger partial charge in [0, 0.05) is 6.54 Å². The number of carbonyl (C=O) groups is 2. The lowest BCUT2D eigenvalue weighted by Gasteiger charge is -2.42. The first-order chi connectivity index (χ1) is 8.95. The van der Waals surface area contributed by atoms with E-state index in [-0.39, 0.29) is 29.8 Å².